The number of nitrogens with zero attached hydrogens (tertiary/aromatic N) is 2. The molecular weight excluding hydrogens is 360 g/mol. The van der Waals surface area contributed by atoms with E-state index in [1.165, 1.54) is 7.11 Å². The van der Waals surface area contributed by atoms with Crippen LogP contribution in [0.15, 0.2) is 24.3 Å². The van der Waals surface area contributed by atoms with Crippen molar-refractivity contribution in [3.8, 4) is 0 Å². The average molecular weight is 388 g/mol. The third-order valence-corrected chi connectivity index (χ3v) is 4.91. The second-order valence-electron chi connectivity index (χ2n) is 7.03. The molecule has 152 valence electrons. The molecule has 7 nitrogen and oxygen atoms in total. The molecule has 0 aliphatic carbocycles. The third-order valence-electron chi connectivity index (χ3n) is 4.91. The highest BCUT2D eigenvalue weighted by atomic mass is 16.5. The molecule has 3 amide bonds. The van der Waals surface area contributed by atoms with Gasteiger partial charge < -0.3 is 9.64 Å². The summed E-state index contributed by atoms with van der Waals surface area (Å²) in [5, 5.41) is 0. The van der Waals surface area contributed by atoms with E-state index < -0.39 is 5.92 Å². The maximum atomic E-state index is 12.8. The average Bonchev–Trinajstić information content (AvgIpc) is 2.95. The van der Waals surface area contributed by atoms with Crippen molar-refractivity contribution in [2.75, 3.05) is 26.7 Å². The van der Waals surface area contributed by atoms with Gasteiger partial charge in [0.1, 0.15) is 0 Å². The minimum absolute atomic E-state index is 0.0298. The van der Waals surface area contributed by atoms with Gasteiger partial charge in [-0.2, -0.15) is 0 Å². The van der Waals surface area contributed by atoms with Gasteiger partial charge in [-0.05, 0) is 18.6 Å². The summed E-state index contributed by atoms with van der Waals surface area (Å²) in [5.41, 5.74) is 0.748. The van der Waals surface area contributed by atoms with Crippen LogP contribution in [-0.4, -0.2) is 60.2 Å². The Morgan fingerprint density at radius 1 is 1.11 bits per heavy atom. The highest BCUT2D eigenvalue weighted by Gasteiger charge is 2.35. The molecular formula is C21H28N2O5. The molecule has 0 saturated carbocycles. The summed E-state index contributed by atoms with van der Waals surface area (Å²) in [6.07, 6.45) is 2.87. The van der Waals surface area contributed by atoms with Gasteiger partial charge in [0.2, 0.25) is 5.91 Å². The van der Waals surface area contributed by atoms with Crippen LogP contribution in [0.4, 0.5) is 0 Å². The zero-order valence-electron chi connectivity index (χ0n) is 16.8. The summed E-state index contributed by atoms with van der Waals surface area (Å²) in [6, 6.07) is 6.66. The number of hydrogen-bond acceptors (Lipinski definition) is 5. The van der Waals surface area contributed by atoms with Gasteiger partial charge in [0.15, 0.2) is 0 Å². The lowest BCUT2D eigenvalue weighted by atomic mass is 10.1. The molecule has 7 heteroatoms. The molecule has 0 aromatic heterocycles. The summed E-state index contributed by atoms with van der Waals surface area (Å²) in [7, 11) is 1.32. The molecule has 28 heavy (non-hydrogen) atoms. The van der Waals surface area contributed by atoms with Crippen molar-refractivity contribution in [1.29, 1.82) is 0 Å². The number of esters is 1. The zero-order valence-corrected chi connectivity index (χ0v) is 16.8. The first kappa shape index (κ1) is 21.6. The third kappa shape index (κ3) is 4.97. The fourth-order valence-corrected chi connectivity index (χ4v) is 3.28. The number of benzene rings is 1. The summed E-state index contributed by atoms with van der Waals surface area (Å²) < 4.78 is 4.75. The fraction of sp³-hybridized carbons (Fsp3) is 0.524. The number of imide groups is 1. The smallest absolute Gasteiger partial charge is 0.310 e. The molecule has 0 N–H and O–H groups in total. The van der Waals surface area contributed by atoms with Gasteiger partial charge in [0.25, 0.3) is 11.8 Å². The largest absolute Gasteiger partial charge is 0.469 e. The number of carbonyl (C=O) groups is 4. The van der Waals surface area contributed by atoms with Crippen LogP contribution < -0.4 is 0 Å². The second-order valence-corrected chi connectivity index (χ2v) is 7.03. The number of ether oxygens (including phenoxy) is 1. The number of unbranched alkanes of at least 4 members (excludes halogenated alkanes) is 2. The Balaban J connectivity index is 1.99. The molecule has 1 aromatic carbocycles. The van der Waals surface area contributed by atoms with E-state index in [0.717, 1.165) is 24.2 Å². The van der Waals surface area contributed by atoms with Crippen molar-refractivity contribution in [1.82, 2.24) is 9.80 Å². The Morgan fingerprint density at radius 2 is 1.71 bits per heavy atom. The Hall–Kier alpha value is -2.70. The van der Waals surface area contributed by atoms with E-state index in [1.54, 1.807) is 36.1 Å². The maximum Gasteiger partial charge on any atom is 0.310 e. The van der Waals surface area contributed by atoms with Gasteiger partial charge in [0.05, 0.1) is 24.2 Å². The Labute approximate surface area is 165 Å². The van der Waals surface area contributed by atoms with Crippen LogP contribution in [0.5, 0.6) is 0 Å². The predicted molar refractivity (Wildman–Crippen MR) is 104 cm³/mol. The molecule has 0 bridgehead atoms. The molecule has 0 fully saturated rings. The van der Waals surface area contributed by atoms with Crippen molar-refractivity contribution < 1.29 is 23.9 Å². The maximum absolute atomic E-state index is 12.8. The Kier molecular flexibility index (Phi) is 7.72. The van der Waals surface area contributed by atoms with Gasteiger partial charge in [-0.1, -0.05) is 38.8 Å². The highest BCUT2D eigenvalue weighted by molar-refractivity contribution is 6.21. The van der Waals surface area contributed by atoms with E-state index in [2.05, 4.69) is 6.92 Å². The van der Waals surface area contributed by atoms with Crippen molar-refractivity contribution in [2.24, 2.45) is 5.92 Å². The summed E-state index contributed by atoms with van der Waals surface area (Å²) >= 11 is 0. The minimum Gasteiger partial charge on any atom is -0.469 e. The normalized spacial score (nSPS) is 14.0. The molecule has 1 unspecified atom stereocenters. The molecule has 1 atom stereocenters. The molecule has 0 spiro atoms. The van der Waals surface area contributed by atoms with Crippen LogP contribution in [0.25, 0.3) is 0 Å². The van der Waals surface area contributed by atoms with E-state index in [-0.39, 0.29) is 43.2 Å². The summed E-state index contributed by atoms with van der Waals surface area (Å²) in [6.45, 7) is 4.62. The quantitative estimate of drug-likeness (QED) is 0.349. The summed E-state index contributed by atoms with van der Waals surface area (Å²) in [4.78, 5) is 52.1. The predicted octanol–water partition coefficient (Wildman–Crippen LogP) is 2.50. The monoisotopic (exact) mass is 388 g/mol. The first-order valence-corrected chi connectivity index (χ1v) is 9.71. The van der Waals surface area contributed by atoms with E-state index in [4.69, 9.17) is 4.74 Å². The van der Waals surface area contributed by atoms with Gasteiger partial charge in [-0.25, -0.2) is 0 Å². The highest BCUT2D eigenvalue weighted by Crippen LogP contribution is 2.22. The van der Waals surface area contributed by atoms with Gasteiger partial charge in [0, 0.05) is 26.1 Å². The summed E-state index contributed by atoms with van der Waals surface area (Å²) in [5.74, 6) is -1.71. The number of methoxy groups -OCH3 is 1. The minimum atomic E-state index is -0.435. The first-order valence-electron chi connectivity index (χ1n) is 9.71. The number of rotatable bonds is 10. The number of amides is 3. The molecule has 1 aliphatic heterocycles. The van der Waals surface area contributed by atoms with Gasteiger partial charge >= 0.3 is 5.97 Å². The molecule has 0 saturated heterocycles. The fourth-order valence-electron chi connectivity index (χ4n) is 3.28. The van der Waals surface area contributed by atoms with E-state index in [0.29, 0.717) is 17.7 Å². The molecule has 0 radical (unpaired) electrons. The van der Waals surface area contributed by atoms with Crippen LogP contribution >= 0.6 is 0 Å². The van der Waals surface area contributed by atoms with Crippen LogP contribution in [0.3, 0.4) is 0 Å². The zero-order chi connectivity index (χ0) is 20.7. The lowest BCUT2D eigenvalue weighted by molar-refractivity contribution is -0.146. The van der Waals surface area contributed by atoms with E-state index >= 15 is 0 Å². The van der Waals surface area contributed by atoms with Crippen molar-refractivity contribution >= 4 is 23.7 Å². The van der Waals surface area contributed by atoms with Crippen molar-refractivity contribution in [3.63, 3.8) is 0 Å². The molecule has 1 heterocycles. The SMILES string of the molecule is CCCCCN(CC(C)C(=O)OC)C(=O)CCN1C(=O)c2ccccc2C1=O. The number of carbonyl (C=O) groups excluding carboxylic acids is 4. The lowest BCUT2D eigenvalue weighted by Gasteiger charge is -2.26. The molecule has 2 rings (SSSR count). The van der Waals surface area contributed by atoms with Gasteiger partial charge in [-0.3, -0.25) is 24.1 Å². The topological polar surface area (TPSA) is 84.0 Å². The Morgan fingerprint density at radius 3 is 2.25 bits per heavy atom. The van der Waals surface area contributed by atoms with Crippen LogP contribution in [0.1, 0.15) is 60.2 Å². The number of fused-ring (bicyclic) bond motifs is 1. The first-order chi connectivity index (χ1) is 13.4. The lowest BCUT2D eigenvalue weighted by Crippen LogP contribution is -2.40. The molecule has 1 aliphatic rings. The number of hydrogen-bond donors (Lipinski definition) is 0. The van der Waals surface area contributed by atoms with E-state index in [1.807, 2.05) is 0 Å². The van der Waals surface area contributed by atoms with Crippen molar-refractivity contribution in [2.45, 2.75) is 39.5 Å². The second kappa shape index (κ2) is 10.0. The van der Waals surface area contributed by atoms with Gasteiger partial charge in [-0.15, -0.1) is 0 Å². The van der Waals surface area contributed by atoms with Crippen LogP contribution in [-0.2, 0) is 14.3 Å². The van der Waals surface area contributed by atoms with Crippen LogP contribution in [0.2, 0.25) is 0 Å². The Bertz CT molecular complexity index is 711. The van der Waals surface area contributed by atoms with E-state index in [9.17, 15) is 19.2 Å². The van der Waals surface area contributed by atoms with Crippen molar-refractivity contribution in [3.05, 3.63) is 35.4 Å². The standard InChI is InChI=1S/C21H28N2O5/c1-4-5-8-12-22(14-15(2)21(27)28-3)18(24)11-13-23-19(25)16-9-6-7-10-17(16)20(23)26/h6-7,9-10,15H,4-5,8,11-14H2,1-3H3. The molecule has 1 aromatic rings. The van der Waals surface area contributed by atoms with Crippen LogP contribution in [0, 0.1) is 5.92 Å².